The molecule has 24 heavy (non-hydrogen) atoms. The number of nitrogens with two attached hydrogens (primary N) is 1. The van der Waals surface area contributed by atoms with Crippen LogP contribution in [0.1, 0.15) is 23.0 Å². The van der Waals surface area contributed by atoms with Gasteiger partial charge in [0.15, 0.2) is 5.78 Å². The number of carbonyl (C=O) groups excluding carboxylic acids is 2. The predicted octanol–water partition coefficient (Wildman–Crippen LogP) is 3.60. The highest BCUT2D eigenvalue weighted by molar-refractivity contribution is 6.05. The minimum atomic E-state index is -0.193. The Balaban J connectivity index is 1.81. The summed E-state index contributed by atoms with van der Waals surface area (Å²) in [7, 11) is 0. The summed E-state index contributed by atoms with van der Waals surface area (Å²) < 4.78 is 0. The number of benzene rings is 2. The number of amides is 1. The number of anilines is 2. The molecule has 5 heteroatoms. The highest BCUT2D eigenvalue weighted by Gasteiger charge is 2.07. The number of allylic oxidation sites excluding steroid dienone is 1. The Morgan fingerprint density at radius 2 is 1.83 bits per heavy atom. The van der Waals surface area contributed by atoms with Gasteiger partial charge in [-0.1, -0.05) is 0 Å². The van der Waals surface area contributed by atoms with Gasteiger partial charge in [0.05, 0.1) is 0 Å². The van der Waals surface area contributed by atoms with Crippen molar-refractivity contribution in [1.29, 1.82) is 0 Å². The molecule has 0 bridgehead atoms. The van der Waals surface area contributed by atoms with Gasteiger partial charge in [-0.15, -0.1) is 0 Å². The van der Waals surface area contributed by atoms with E-state index < -0.39 is 0 Å². The minimum Gasteiger partial charge on any atom is -0.399 e. The Morgan fingerprint density at radius 1 is 1.08 bits per heavy atom. The van der Waals surface area contributed by atoms with E-state index in [1.54, 1.807) is 30.3 Å². The number of H-pyrrole nitrogens is 1. The molecule has 1 aromatic heterocycles. The fourth-order valence-electron chi connectivity index (χ4n) is 2.37. The molecule has 0 atom stereocenters. The van der Waals surface area contributed by atoms with Gasteiger partial charge in [0.25, 0.3) is 5.91 Å². The number of hydrogen-bond acceptors (Lipinski definition) is 3. The number of nitrogen functional groups attached to an aromatic ring is 1. The molecule has 0 saturated carbocycles. The first-order valence-corrected chi connectivity index (χ1v) is 7.49. The topological polar surface area (TPSA) is 88.0 Å². The lowest BCUT2D eigenvalue weighted by molar-refractivity contribution is -0.112. The van der Waals surface area contributed by atoms with Gasteiger partial charge in [0.2, 0.25) is 0 Å². The zero-order valence-electron chi connectivity index (χ0n) is 13.2. The second-order valence-electron chi connectivity index (χ2n) is 5.55. The summed E-state index contributed by atoms with van der Waals surface area (Å²) in [5, 5.41) is 3.82. The average molecular weight is 319 g/mol. The first-order valence-electron chi connectivity index (χ1n) is 7.49. The number of fused-ring (bicyclic) bond motifs is 1. The SMILES string of the molecule is CC(=O)/C=C/c1cc2cc(NC(=O)c3ccc(N)cc3)ccc2[nH]1. The molecule has 1 amide bonds. The number of ketones is 1. The van der Waals surface area contributed by atoms with E-state index in [0.717, 1.165) is 16.6 Å². The zero-order chi connectivity index (χ0) is 17.1. The number of hydrogen-bond donors (Lipinski definition) is 3. The summed E-state index contributed by atoms with van der Waals surface area (Å²) in [6, 6.07) is 14.3. The number of rotatable bonds is 4. The summed E-state index contributed by atoms with van der Waals surface area (Å²) in [6.45, 7) is 1.50. The molecule has 3 aromatic rings. The lowest BCUT2D eigenvalue weighted by Gasteiger charge is -2.05. The van der Waals surface area contributed by atoms with Gasteiger partial charge >= 0.3 is 0 Å². The third-order valence-corrected chi connectivity index (χ3v) is 3.57. The highest BCUT2D eigenvalue weighted by Crippen LogP contribution is 2.21. The molecule has 120 valence electrons. The molecule has 5 nitrogen and oxygen atoms in total. The van der Waals surface area contributed by atoms with E-state index in [4.69, 9.17) is 5.73 Å². The largest absolute Gasteiger partial charge is 0.399 e. The molecule has 0 saturated heterocycles. The zero-order valence-corrected chi connectivity index (χ0v) is 13.2. The fraction of sp³-hybridized carbons (Fsp3) is 0.0526. The first-order chi connectivity index (χ1) is 11.5. The van der Waals surface area contributed by atoms with Crippen LogP contribution in [0.2, 0.25) is 0 Å². The summed E-state index contributed by atoms with van der Waals surface area (Å²) in [5.41, 5.74) is 9.26. The van der Waals surface area contributed by atoms with Crippen molar-refractivity contribution in [1.82, 2.24) is 4.98 Å². The van der Waals surface area contributed by atoms with Crippen LogP contribution in [0.15, 0.2) is 54.6 Å². The predicted molar refractivity (Wildman–Crippen MR) is 96.8 cm³/mol. The molecule has 0 fully saturated rings. The van der Waals surface area contributed by atoms with E-state index in [-0.39, 0.29) is 11.7 Å². The Bertz CT molecular complexity index is 937. The standard InChI is InChI=1S/C19H17N3O2/c1-12(23)2-7-16-10-14-11-17(8-9-18(14)21-16)22-19(24)13-3-5-15(20)6-4-13/h2-11,21H,20H2,1H3,(H,22,24)/b7-2+. The van der Waals surface area contributed by atoms with E-state index >= 15 is 0 Å². The normalized spacial score (nSPS) is 11.0. The minimum absolute atomic E-state index is 0.00916. The Morgan fingerprint density at radius 3 is 2.54 bits per heavy atom. The number of nitrogens with one attached hydrogen (secondary N) is 2. The van der Waals surface area contributed by atoms with Crippen molar-refractivity contribution in [3.05, 3.63) is 65.9 Å². The number of carbonyl (C=O) groups is 2. The van der Waals surface area contributed by atoms with Crippen LogP contribution in [0.3, 0.4) is 0 Å². The maximum absolute atomic E-state index is 12.2. The maximum atomic E-state index is 12.2. The summed E-state index contributed by atoms with van der Waals surface area (Å²) in [6.07, 6.45) is 3.24. The second kappa shape index (κ2) is 6.42. The Labute approximate surface area is 139 Å². The van der Waals surface area contributed by atoms with Gasteiger partial charge in [0, 0.05) is 33.5 Å². The highest BCUT2D eigenvalue weighted by atomic mass is 16.1. The molecule has 0 aliphatic heterocycles. The van der Waals surface area contributed by atoms with Crippen LogP contribution in [-0.4, -0.2) is 16.7 Å². The fourth-order valence-corrected chi connectivity index (χ4v) is 2.37. The van der Waals surface area contributed by atoms with Gasteiger partial charge < -0.3 is 16.0 Å². The molecule has 1 heterocycles. The van der Waals surface area contributed by atoms with Crippen molar-refractivity contribution < 1.29 is 9.59 Å². The van der Waals surface area contributed by atoms with Gasteiger partial charge in [-0.3, -0.25) is 9.59 Å². The molecular weight excluding hydrogens is 302 g/mol. The third kappa shape index (κ3) is 3.52. The van der Waals surface area contributed by atoms with Crippen molar-refractivity contribution in [2.75, 3.05) is 11.1 Å². The maximum Gasteiger partial charge on any atom is 0.255 e. The van der Waals surface area contributed by atoms with Crippen LogP contribution in [0.4, 0.5) is 11.4 Å². The number of aromatic nitrogens is 1. The van der Waals surface area contributed by atoms with Crippen molar-refractivity contribution in [3.8, 4) is 0 Å². The average Bonchev–Trinajstić information content (AvgIpc) is 2.95. The monoisotopic (exact) mass is 319 g/mol. The van der Waals surface area contributed by atoms with Crippen molar-refractivity contribution in [2.24, 2.45) is 0 Å². The molecule has 4 N–H and O–H groups in total. The molecule has 0 aliphatic carbocycles. The number of aromatic amines is 1. The smallest absolute Gasteiger partial charge is 0.255 e. The molecule has 2 aromatic carbocycles. The molecular formula is C19H17N3O2. The molecule has 0 aliphatic rings. The summed E-state index contributed by atoms with van der Waals surface area (Å²) in [5.74, 6) is -0.202. The summed E-state index contributed by atoms with van der Waals surface area (Å²) >= 11 is 0. The van der Waals surface area contributed by atoms with Crippen LogP contribution in [0.25, 0.3) is 17.0 Å². The van der Waals surface area contributed by atoms with Crippen LogP contribution in [-0.2, 0) is 4.79 Å². The lowest BCUT2D eigenvalue weighted by atomic mass is 10.2. The third-order valence-electron chi connectivity index (χ3n) is 3.57. The Hall–Kier alpha value is -3.34. The lowest BCUT2D eigenvalue weighted by Crippen LogP contribution is -2.11. The van der Waals surface area contributed by atoms with E-state index in [2.05, 4.69) is 10.3 Å². The van der Waals surface area contributed by atoms with Crippen molar-refractivity contribution >= 4 is 40.0 Å². The van der Waals surface area contributed by atoms with Crippen LogP contribution in [0, 0.1) is 0 Å². The quantitative estimate of drug-likeness (QED) is 0.507. The summed E-state index contributed by atoms with van der Waals surface area (Å²) in [4.78, 5) is 26.4. The molecule has 0 spiro atoms. The van der Waals surface area contributed by atoms with Gasteiger partial charge in [-0.2, -0.15) is 0 Å². The Kier molecular flexibility index (Phi) is 4.16. The van der Waals surface area contributed by atoms with Gasteiger partial charge in [-0.05, 0) is 67.6 Å². The van der Waals surface area contributed by atoms with E-state index in [9.17, 15) is 9.59 Å². The van der Waals surface area contributed by atoms with Crippen LogP contribution in [0.5, 0.6) is 0 Å². The van der Waals surface area contributed by atoms with Crippen molar-refractivity contribution in [2.45, 2.75) is 6.92 Å². The van der Waals surface area contributed by atoms with E-state index in [1.165, 1.54) is 13.0 Å². The van der Waals surface area contributed by atoms with Gasteiger partial charge in [-0.25, -0.2) is 0 Å². The first kappa shape index (κ1) is 15.6. The van der Waals surface area contributed by atoms with E-state index in [1.807, 2.05) is 24.3 Å². The van der Waals surface area contributed by atoms with Crippen molar-refractivity contribution in [3.63, 3.8) is 0 Å². The molecule has 3 rings (SSSR count). The molecule has 0 unspecified atom stereocenters. The molecule has 0 radical (unpaired) electrons. The van der Waals surface area contributed by atoms with Gasteiger partial charge in [0.1, 0.15) is 0 Å². The van der Waals surface area contributed by atoms with Crippen LogP contribution < -0.4 is 11.1 Å². The second-order valence-corrected chi connectivity index (χ2v) is 5.55. The van der Waals surface area contributed by atoms with E-state index in [0.29, 0.717) is 16.9 Å². The van der Waals surface area contributed by atoms with Crippen LogP contribution >= 0.6 is 0 Å².